The third-order valence-electron chi connectivity index (χ3n) is 7.53. The fourth-order valence-electron chi connectivity index (χ4n) is 5.81. The van der Waals surface area contributed by atoms with Gasteiger partial charge in [-0.2, -0.15) is 0 Å². The molecular formula is C24H34S. The monoisotopic (exact) mass is 354 g/mol. The molecule has 0 heterocycles. The average Bonchev–Trinajstić information content (AvgIpc) is 2.58. The molecule has 0 aromatic heterocycles. The molecule has 0 amide bonds. The largest absolute Gasteiger partial charge is 0.109 e. The summed E-state index contributed by atoms with van der Waals surface area (Å²) in [5.74, 6) is 5.78. The number of benzene rings is 1. The van der Waals surface area contributed by atoms with Gasteiger partial charge in [-0.15, -0.1) is 10.9 Å². The highest BCUT2D eigenvalue weighted by Gasteiger charge is 2.53. The Balaban J connectivity index is 2.04. The second-order valence-electron chi connectivity index (χ2n) is 9.16. The zero-order valence-corrected chi connectivity index (χ0v) is 17.5. The molecule has 0 N–H and O–H groups in total. The Bertz CT molecular complexity index is 732. The molecule has 25 heavy (non-hydrogen) atoms. The van der Waals surface area contributed by atoms with Gasteiger partial charge in [-0.1, -0.05) is 64.3 Å². The standard InChI is InChI=1S/C24H34S/c1-17(2)19-8-10-21-20(16-19)9-11-22-23(4,18(3)12-15-25-6)13-7-14-24(21,22)5/h8,10,12,16-18,22H,6-7,9,11,13-14H2,1-5H3. The molecule has 2 aliphatic rings. The fourth-order valence-corrected chi connectivity index (χ4v) is 6.11. The summed E-state index contributed by atoms with van der Waals surface area (Å²) in [5.41, 5.74) is 5.46. The van der Waals surface area contributed by atoms with Gasteiger partial charge in [0.05, 0.1) is 0 Å². The van der Waals surface area contributed by atoms with Gasteiger partial charge in [-0.3, -0.25) is 0 Å². The van der Waals surface area contributed by atoms with Gasteiger partial charge >= 0.3 is 0 Å². The first-order valence-electron chi connectivity index (χ1n) is 9.96. The van der Waals surface area contributed by atoms with E-state index in [9.17, 15) is 0 Å². The SMILES string of the molecule is C=S=C=CC(C)C1(C)CCCC2(C)c3ccc(C(C)C)cc3CCC21. The molecule has 0 saturated heterocycles. The van der Waals surface area contributed by atoms with Crippen LogP contribution in [0.3, 0.4) is 0 Å². The van der Waals surface area contributed by atoms with Crippen molar-refractivity contribution in [3.63, 3.8) is 0 Å². The van der Waals surface area contributed by atoms with E-state index in [1.54, 1.807) is 11.1 Å². The van der Waals surface area contributed by atoms with Crippen LogP contribution in [0.2, 0.25) is 0 Å². The molecule has 1 aromatic carbocycles. The predicted octanol–water partition coefficient (Wildman–Crippen LogP) is 6.58. The molecule has 2 aliphatic carbocycles. The second kappa shape index (κ2) is 6.93. The molecule has 3 rings (SSSR count). The lowest BCUT2D eigenvalue weighted by atomic mass is 9.47. The van der Waals surface area contributed by atoms with Crippen molar-refractivity contribution in [2.24, 2.45) is 17.3 Å². The van der Waals surface area contributed by atoms with E-state index in [0.717, 1.165) is 5.92 Å². The van der Waals surface area contributed by atoms with Gasteiger partial charge in [0.2, 0.25) is 0 Å². The van der Waals surface area contributed by atoms with Gasteiger partial charge in [-0.25, -0.2) is 0 Å². The fraction of sp³-hybridized carbons (Fsp3) is 0.625. The highest BCUT2D eigenvalue weighted by Crippen LogP contribution is 2.59. The molecule has 0 spiro atoms. The minimum atomic E-state index is 0.329. The van der Waals surface area contributed by atoms with Crippen molar-refractivity contribution in [3.8, 4) is 0 Å². The molecule has 4 unspecified atom stereocenters. The van der Waals surface area contributed by atoms with E-state index in [-0.39, 0.29) is 0 Å². The maximum absolute atomic E-state index is 3.85. The van der Waals surface area contributed by atoms with Crippen LogP contribution in [0.5, 0.6) is 0 Å². The Kier molecular flexibility index (Phi) is 5.20. The Hall–Kier alpha value is -1.04. The summed E-state index contributed by atoms with van der Waals surface area (Å²) in [7, 11) is 1.46. The lowest BCUT2D eigenvalue weighted by Crippen LogP contribution is -2.51. The maximum Gasteiger partial charge on any atom is -0.00388 e. The number of fused-ring (bicyclic) bond motifs is 3. The zero-order chi connectivity index (χ0) is 18.2. The summed E-state index contributed by atoms with van der Waals surface area (Å²) in [6, 6.07) is 7.37. The highest BCUT2D eigenvalue weighted by molar-refractivity contribution is 7.94. The number of aryl methyl sites for hydroxylation is 1. The van der Waals surface area contributed by atoms with Crippen molar-refractivity contribution in [2.45, 2.75) is 78.1 Å². The third kappa shape index (κ3) is 3.11. The van der Waals surface area contributed by atoms with E-state index in [2.05, 4.69) is 69.8 Å². The smallest absolute Gasteiger partial charge is 0.00388 e. The van der Waals surface area contributed by atoms with Crippen LogP contribution in [0.4, 0.5) is 0 Å². The van der Waals surface area contributed by atoms with Crippen molar-refractivity contribution in [3.05, 3.63) is 41.0 Å². The van der Waals surface area contributed by atoms with Crippen LogP contribution in [0, 0.1) is 17.3 Å². The Morgan fingerprint density at radius 1 is 1.24 bits per heavy atom. The van der Waals surface area contributed by atoms with Gasteiger partial charge in [0, 0.05) is 0 Å². The van der Waals surface area contributed by atoms with E-state index in [0.29, 0.717) is 22.7 Å². The van der Waals surface area contributed by atoms with Crippen LogP contribution in [-0.2, 0) is 11.8 Å². The Morgan fingerprint density at radius 2 is 2.00 bits per heavy atom. The van der Waals surface area contributed by atoms with Crippen LogP contribution in [0.1, 0.15) is 82.9 Å². The summed E-state index contributed by atoms with van der Waals surface area (Å²) < 4.78 is 0. The quantitative estimate of drug-likeness (QED) is 0.538. The molecule has 0 nitrogen and oxygen atoms in total. The van der Waals surface area contributed by atoms with Crippen molar-refractivity contribution in [1.82, 2.24) is 0 Å². The topological polar surface area (TPSA) is 0 Å². The molecule has 0 radical (unpaired) electrons. The van der Waals surface area contributed by atoms with Gasteiger partial charge in [0.15, 0.2) is 0 Å². The van der Waals surface area contributed by atoms with Crippen LogP contribution in [-0.4, -0.2) is 10.9 Å². The van der Waals surface area contributed by atoms with Crippen LogP contribution in [0.15, 0.2) is 24.3 Å². The maximum atomic E-state index is 3.85. The first kappa shape index (κ1) is 18.7. The molecule has 1 aromatic rings. The summed E-state index contributed by atoms with van der Waals surface area (Å²) >= 11 is 0. The molecule has 136 valence electrons. The summed E-state index contributed by atoms with van der Waals surface area (Å²) in [6.07, 6.45) is 8.87. The molecule has 1 saturated carbocycles. The van der Waals surface area contributed by atoms with Gasteiger partial charge in [-0.05, 0) is 82.9 Å². The highest BCUT2D eigenvalue weighted by atomic mass is 32.1. The molecular weight excluding hydrogens is 320 g/mol. The van der Waals surface area contributed by atoms with E-state index < -0.39 is 0 Å². The summed E-state index contributed by atoms with van der Waals surface area (Å²) in [5, 5.41) is 3.30. The number of hydrogen-bond acceptors (Lipinski definition) is 0. The van der Waals surface area contributed by atoms with Crippen LogP contribution < -0.4 is 0 Å². The average molecular weight is 355 g/mol. The molecule has 1 heteroatoms. The van der Waals surface area contributed by atoms with E-state index >= 15 is 0 Å². The van der Waals surface area contributed by atoms with Crippen molar-refractivity contribution in [1.29, 1.82) is 0 Å². The normalized spacial score (nSPS) is 32.3. The Labute approximate surface area is 158 Å². The Morgan fingerprint density at radius 3 is 2.68 bits per heavy atom. The summed E-state index contributed by atoms with van der Waals surface area (Å²) in [4.78, 5) is 0. The van der Waals surface area contributed by atoms with E-state index in [1.807, 2.05) is 0 Å². The number of rotatable bonds is 3. The van der Waals surface area contributed by atoms with Crippen LogP contribution >= 0.6 is 10.9 Å². The minimum absolute atomic E-state index is 0.329. The van der Waals surface area contributed by atoms with E-state index in [1.165, 1.54) is 48.6 Å². The van der Waals surface area contributed by atoms with Crippen molar-refractivity contribution < 1.29 is 0 Å². The van der Waals surface area contributed by atoms with Crippen molar-refractivity contribution in [2.75, 3.05) is 0 Å². The molecule has 4 atom stereocenters. The van der Waals surface area contributed by atoms with Gasteiger partial charge in [0.1, 0.15) is 0 Å². The first-order chi connectivity index (χ1) is 11.8. The lowest BCUT2D eigenvalue weighted by Gasteiger charge is -2.57. The van der Waals surface area contributed by atoms with E-state index in [4.69, 9.17) is 0 Å². The molecule has 0 aliphatic heterocycles. The lowest BCUT2D eigenvalue weighted by molar-refractivity contribution is -0.00155. The number of hydrogen-bond donors (Lipinski definition) is 0. The van der Waals surface area contributed by atoms with Crippen LogP contribution in [0.25, 0.3) is 0 Å². The first-order valence-corrected chi connectivity index (χ1v) is 10.9. The second-order valence-corrected chi connectivity index (χ2v) is 9.68. The summed E-state index contributed by atoms with van der Waals surface area (Å²) in [6.45, 7) is 12.1. The predicted molar refractivity (Wildman–Crippen MR) is 115 cm³/mol. The van der Waals surface area contributed by atoms with Crippen molar-refractivity contribution >= 4 is 21.8 Å². The van der Waals surface area contributed by atoms with Gasteiger partial charge in [0.25, 0.3) is 0 Å². The van der Waals surface area contributed by atoms with Gasteiger partial charge < -0.3 is 0 Å². The molecule has 0 bridgehead atoms. The molecule has 1 fully saturated rings. The third-order valence-corrected chi connectivity index (χ3v) is 7.83. The number of allylic oxidation sites excluding steroid dienone is 1. The minimum Gasteiger partial charge on any atom is -0.109 e. The zero-order valence-electron chi connectivity index (χ0n) is 16.7.